The minimum atomic E-state index is -0.609. The average molecular weight is 245 g/mol. The highest BCUT2D eigenvalue weighted by atomic mass is 16.5. The molecule has 0 saturated carbocycles. The smallest absolute Gasteiger partial charge is 0.343 e. The number of benzene rings is 1. The van der Waals surface area contributed by atoms with Crippen LogP contribution in [0.2, 0.25) is 0 Å². The maximum absolute atomic E-state index is 12.2. The Kier molecular flexibility index (Phi) is 2.33. The lowest BCUT2D eigenvalue weighted by atomic mass is 10.1. The molecule has 0 saturated heterocycles. The molecule has 0 radical (unpaired) electrons. The highest BCUT2D eigenvalue weighted by Crippen LogP contribution is 2.27. The van der Waals surface area contributed by atoms with Crippen LogP contribution in [0.3, 0.4) is 0 Å². The Morgan fingerprint density at radius 1 is 1.44 bits per heavy atom. The lowest BCUT2D eigenvalue weighted by Gasteiger charge is -2.21. The molecular formula is C13H11NO4. The standard InChI is InChI=1S/C13H11NO4/c1-17-13(16)9-7-14-5-6-18-10-4-2-3-8(11(10)14)12(9)15/h2-4,7H,5-6H2,1H3. The van der Waals surface area contributed by atoms with Crippen LogP contribution in [0.5, 0.6) is 5.75 Å². The number of hydrogen-bond donors (Lipinski definition) is 0. The molecule has 0 N–H and O–H groups in total. The molecule has 0 spiro atoms. The Hall–Kier alpha value is -2.30. The second-order valence-corrected chi connectivity index (χ2v) is 4.06. The predicted molar refractivity (Wildman–Crippen MR) is 65.0 cm³/mol. The maximum Gasteiger partial charge on any atom is 0.343 e. The lowest BCUT2D eigenvalue weighted by molar-refractivity contribution is 0.0598. The van der Waals surface area contributed by atoms with Gasteiger partial charge in [-0.1, -0.05) is 6.07 Å². The van der Waals surface area contributed by atoms with Crippen molar-refractivity contribution in [3.8, 4) is 5.75 Å². The molecule has 92 valence electrons. The van der Waals surface area contributed by atoms with Crippen molar-refractivity contribution in [1.29, 1.82) is 0 Å². The van der Waals surface area contributed by atoms with Gasteiger partial charge in [-0.2, -0.15) is 0 Å². The van der Waals surface area contributed by atoms with Crippen LogP contribution in [-0.4, -0.2) is 24.3 Å². The molecule has 1 aliphatic heterocycles. The number of pyridine rings is 1. The van der Waals surface area contributed by atoms with Crippen LogP contribution in [0.1, 0.15) is 10.4 Å². The number of ether oxygens (including phenoxy) is 2. The van der Waals surface area contributed by atoms with Crippen molar-refractivity contribution < 1.29 is 14.3 Å². The van der Waals surface area contributed by atoms with Crippen LogP contribution in [0, 0.1) is 0 Å². The summed E-state index contributed by atoms with van der Waals surface area (Å²) in [6, 6.07) is 5.25. The van der Waals surface area contributed by atoms with Crippen molar-refractivity contribution >= 4 is 16.9 Å². The second kappa shape index (κ2) is 3.87. The van der Waals surface area contributed by atoms with Crippen molar-refractivity contribution in [2.75, 3.05) is 13.7 Å². The summed E-state index contributed by atoms with van der Waals surface area (Å²) in [6.45, 7) is 1.13. The van der Waals surface area contributed by atoms with Gasteiger partial charge in [-0.15, -0.1) is 0 Å². The van der Waals surface area contributed by atoms with E-state index in [-0.39, 0.29) is 11.0 Å². The van der Waals surface area contributed by atoms with Gasteiger partial charge >= 0.3 is 5.97 Å². The number of aromatic nitrogens is 1. The lowest BCUT2D eigenvalue weighted by Crippen LogP contribution is -2.24. The molecule has 5 heteroatoms. The van der Waals surface area contributed by atoms with Gasteiger partial charge in [0.25, 0.3) is 0 Å². The molecule has 1 aromatic heterocycles. The van der Waals surface area contributed by atoms with Gasteiger partial charge in [0.1, 0.15) is 17.9 Å². The molecule has 1 aliphatic rings. The van der Waals surface area contributed by atoms with Gasteiger partial charge in [0.05, 0.1) is 24.6 Å². The van der Waals surface area contributed by atoms with Crippen LogP contribution in [0.15, 0.2) is 29.2 Å². The summed E-state index contributed by atoms with van der Waals surface area (Å²) in [5.74, 6) is 0.0646. The van der Waals surface area contributed by atoms with Crippen LogP contribution in [0.4, 0.5) is 0 Å². The Labute approximate surface area is 103 Å². The molecule has 18 heavy (non-hydrogen) atoms. The summed E-state index contributed by atoms with van der Waals surface area (Å²) in [5.41, 5.74) is 0.478. The van der Waals surface area contributed by atoms with E-state index < -0.39 is 5.97 Å². The van der Waals surface area contributed by atoms with E-state index in [0.29, 0.717) is 24.3 Å². The van der Waals surface area contributed by atoms with E-state index in [2.05, 4.69) is 4.74 Å². The number of methoxy groups -OCH3 is 1. The Morgan fingerprint density at radius 2 is 2.28 bits per heavy atom. The highest BCUT2D eigenvalue weighted by Gasteiger charge is 2.20. The molecule has 0 amide bonds. The monoisotopic (exact) mass is 245 g/mol. The zero-order chi connectivity index (χ0) is 12.7. The van der Waals surface area contributed by atoms with Gasteiger partial charge in [0.15, 0.2) is 0 Å². The van der Waals surface area contributed by atoms with E-state index in [4.69, 9.17) is 4.74 Å². The fraction of sp³-hybridized carbons (Fsp3) is 0.231. The fourth-order valence-electron chi connectivity index (χ4n) is 2.23. The van der Waals surface area contributed by atoms with E-state index >= 15 is 0 Å². The number of rotatable bonds is 1. The number of carbonyl (C=O) groups is 1. The highest BCUT2D eigenvalue weighted by molar-refractivity contribution is 5.95. The topological polar surface area (TPSA) is 57.5 Å². The van der Waals surface area contributed by atoms with Crippen molar-refractivity contribution in [2.24, 2.45) is 0 Å². The first kappa shape index (κ1) is 10.8. The molecule has 0 aliphatic carbocycles. The van der Waals surface area contributed by atoms with Crippen molar-refractivity contribution in [1.82, 2.24) is 4.57 Å². The van der Waals surface area contributed by atoms with Gasteiger partial charge in [0, 0.05) is 6.20 Å². The molecular weight excluding hydrogens is 234 g/mol. The van der Waals surface area contributed by atoms with Gasteiger partial charge in [-0.3, -0.25) is 4.79 Å². The third-order valence-electron chi connectivity index (χ3n) is 3.06. The minimum Gasteiger partial charge on any atom is -0.490 e. The molecule has 0 bridgehead atoms. The van der Waals surface area contributed by atoms with Crippen molar-refractivity contribution in [3.05, 3.63) is 40.2 Å². The van der Waals surface area contributed by atoms with Crippen LogP contribution in [0.25, 0.3) is 10.9 Å². The number of esters is 1. The SMILES string of the molecule is COC(=O)c1cn2c3c(cccc3c1=O)OCC2. The Bertz CT molecular complexity index is 702. The molecule has 1 aromatic carbocycles. The molecule has 2 heterocycles. The predicted octanol–water partition coefficient (Wildman–Crippen LogP) is 1.18. The van der Waals surface area contributed by atoms with E-state index in [1.165, 1.54) is 7.11 Å². The summed E-state index contributed by atoms with van der Waals surface area (Å²) in [4.78, 5) is 23.8. The van der Waals surface area contributed by atoms with Gasteiger partial charge in [0.2, 0.25) is 5.43 Å². The van der Waals surface area contributed by atoms with Crippen LogP contribution < -0.4 is 10.2 Å². The first-order valence-corrected chi connectivity index (χ1v) is 5.59. The van der Waals surface area contributed by atoms with Gasteiger partial charge < -0.3 is 14.0 Å². The average Bonchev–Trinajstić information content (AvgIpc) is 2.42. The van der Waals surface area contributed by atoms with Gasteiger partial charge in [-0.25, -0.2) is 4.79 Å². The fourth-order valence-corrected chi connectivity index (χ4v) is 2.23. The maximum atomic E-state index is 12.2. The van der Waals surface area contributed by atoms with E-state index in [1.54, 1.807) is 18.3 Å². The van der Waals surface area contributed by atoms with E-state index in [9.17, 15) is 9.59 Å². The number of nitrogens with zero attached hydrogens (tertiary/aromatic N) is 1. The Morgan fingerprint density at radius 3 is 3.06 bits per heavy atom. The summed E-state index contributed by atoms with van der Waals surface area (Å²) in [7, 11) is 1.27. The van der Waals surface area contributed by atoms with Crippen LogP contribution in [-0.2, 0) is 11.3 Å². The van der Waals surface area contributed by atoms with E-state index in [1.807, 2.05) is 10.6 Å². The second-order valence-electron chi connectivity index (χ2n) is 4.06. The van der Waals surface area contributed by atoms with Crippen LogP contribution >= 0.6 is 0 Å². The minimum absolute atomic E-state index is 0.0593. The summed E-state index contributed by atoms with van der Waals surface area (Å²) in [5, 5.41) is 0.482. The molecule has 5 nitrogen and oxygen atoms in total. The molecule has 0 atom stereocenters. The van der Waals surface area contributed by atoms with Crippen molar-refractivity contribution in [3.63, 3.8) is 0 Å². The first-order chi connectivity index (χ1) is 8.72. The molecule has 0 unspecified atom stereocenters. The number of hydrogen-bond acceptors (Lipinski definition) is 4. The molecule has 0 fully saturated rings. The number of para-hydroxylation sites is 1. The van der Waals surface area contributed by atoms with Crippen molar-refractivity contribution in [2.45, 2.75) is 6.54 Å². The zero-order valence-electron chi connectivity index (χ0n) is 9.80. The quantitative estimate of drug-likeness (QED) is 0.708. The summed E-state index contributed by atoms with van der Waals surface area (Å²) < 4.78 is 12.0. The largest absolute Gasteiger partial charge is 0.490 e. The molecule has 3 rings (SSSR count). The van der Waals surface area contributed by atoms with Gasteiger partial charge in [-0.05, 0) is 12.1 Å². The third kappa shape index (κ3) is 1.40. The first-order valence-electron chi connectivity index (χ1n) is 5.59. The Balaban J connectivity index is 2.42. The number of carbonyl (C=O) groups excluding carboxylic acids is 1. The van der Waals surface area contributed by atoms with E-state index in [0.717, 1.165) is 5.52 Å². The third-order valence-corrected chi connectivity index (χ3v) is 3.06. The zero-order valence-corrected chi connectivity index (χ0v) is 9.80. The summed E-state index contributed by atoms with van der Waals surface area (Å²) in [6.07, 6.45) is 1.54. The molecule has 2 aromatic rings. The normalized spacial score (nSPS) is 13.2. The summed E-state index contributed by atoms with van der Waals surface area (Å²) >= 11 is 0.